The number of H-pyrrole nitrogens is 1. The predicted molar refractivity (Wildman–Crippen MR) is 136 cm³/mol. The number of carboxylic acid groups (broad SMARTS) is 1. The molecule has 0 radical (unpaired) electrons. The van der Waals surface area contributed by atoms with Gasteiger partial charge in [0.2, 0.25) is 0 Å². The minimum Gasteiger partial charge on any atom is -0.478 e. The van der Waals surface area contributed by atoms with E-state index in [1.54, 1.807) is 23.1 Å². The van der Waals surface area contributed by atoms with E-state index in [9.17, 15) is 4.79 Å². The van der Waals surface area contributed by atoms with Crippen molar-refractivity contribution < 1.29 is 14.6 Å². The number of aromatic nitrogens is 7. The maximum Gasteiger partial charge on any atom is 0.335 e. The van der Waals surface area contributed by atoms with Gasteiger partial charge in [-0.25, -0.2) is 4.79 Å². The van der Waals surface area contributed by atoms with Crippen LogP contribution in [0, 0.1) is 5.92 Å². The van der Waals surface area contributed by atoms with Crippen LogP contribution in [0.2, 0.25) is 5.02 Å². The number of carboxylic acids is 1. The van der Waals surface area contributed by atoms with E-state index in [4.69, 9.17) is 21.7 Å². The molecule has 0 bridgehead atoms. The van der Waals surface area contributed by atoms with Gasteiger partial charge in [-0.1, -0.05) is 47.9 Å². The van der Waals surface area contributed by atoms with Gasteiger partial charge >= 0.3 is 5.97 Å². The Bertz CT molecular complexity index is 1540. The molecule has 1 aliphatic carbocycles. The molecule has 3 aromatic heterocycles. The molecule has 0 saturated heterocycles. The molecular formula is C27H23ClN7O2+. The van der Waals surface area contributed by atoms with E-state index < -0.39 is 5.97 Å². The minimum atomic E-state index is -0.939. The van der Waals surface area contributed by atoms with E-state index in [0.29, 0.717) is 10.9 Å². The number of hydrogen-bond acceptors (Lipinski definition) is 5. The number of nitrogens with zero attached hydrogens (tertiary/aromatic N) is 6. The Kier molecular flexibility index (Phi) is 5.97. The van der Waals surface area contributed by atoms with Crippen molar-refractivity contribution in [3.05, 3.63) is 95.8 Å². The number of rotatable bonds is 8. The Balaban J connectivity index is 1.31. The average Bonchev–Trinajstić information content (AvgIpc) is 3.36. The number of nitrogens with one attached hydrogen (secondary N) is 1. The lowest BCUT2D eigenvalue weighted by Gasteiger charge is -2.17. The van der Waals surface area contributed by atoms with E-state index in [2.05, 4.69) is 26.7 Å². The smallest absolute Gasteiger partial charge is 0.335 e. The van der Waals surface area contributed by atoms with Crippen molar-refractivity contribution >= 4 is 17.6 Å². The summed E-state index contributed by atoms with van der Waals surface area (Å²) in [5, 5.41) is 25.0. The van der Waals surface area contributed by atoms with Crippen LogP contribution in [-0.4, -0.2) is 41.4 Å². The highest BCUT2D eigenvalue weighted by Crippen LogP contribution is 2.39. The molecule has 0 spiro atoms. The van der Waals surface area contributed by atoms with Gasteiger partial charge in [0.1, 0.15) is 10.8 Å². The second kappa shape index (κ2) is 9.59. The summed E-state index contributed by atoms with van der Waals surface area (Å²) in [6.45, 7) is 0. The molecule has 2 N–H and O–H groups in total. The molecule has 37 heavy (non-hydrogen) atoms. The van der Waals surface area contributed by atoms with Gasteiger partial charge in [0.25, 0.3) is 6.33 Å². The third kappa shape index (κ3) is 4.85. The zero-order valence-electron chi connectivity index (χ0n) is 19.7. The number of aromatic carboxylic acids is 1. The molecule has 1 unspecified atom stereocenters. The minimum absolute atomic E-state index is 0.00129. The highest BCUT2D eigenvalue weighted by molar-refractivity contribution is 6.31. The van der Waals surface area contributed by atoms with Crippen LogP contribution in [0.1, 0.15) is 41.4 Å². The molecular weight excluding hydrogens is 490 g/mol. The summed E-state index contributed by atoms with van der Waals surface area (Å²) in [7, 11) is 0. The van der Waals surface area contributed by atoms with Crippen LogP contribution in [0.4, 0.5) is 0 Å². The molecule has 1 fully saturated rings. The largest absolute Gasteiger partial charge is 0.478 e. The van der Waals surface area contributed by atoms with Gasteiger partial charge in [0, 0.05) is 34.1 Å². The zero-order valence-corrected chi connectivity index (χ0v) is 20.5. The fraction of sp³-hybridized carbons (Fsp3) is 0.185. The Morgan fingerprint density at radius 3 is 2.57 bits per heavy atom. The summed E-state index contributed by atoms with van der Waals surface area (Å²) in [6.07, 6.45) is 10.7. The molecule has 1 aliphatic rings. The number of carbonyl (C=O) groups is 1. The van der Waals surface area contributed by atoms with Gasteiger partial charge < -0.3 is 5.11 Å². The van der Waals surface area contributed by atoms with Crippen LogP contribution in [0.25, 0.3) is 27.9 Å². The van der Waals surface area contributed by atoms with Crippen molar-refractivity contribution in [2.75, 3.05) is 0 Å². The second-order valence-corrected chi connectivity index (χ2v) is 9.66. The molecule has 0 amide bonds. The fourth-order valence-electron chi connectivity index (χ4n) is 4.50. The summed E-state index contributed by atoms with van der Waals surface area (Å²) in [4.78, 5) is 16.0. The predicted octanol–water partition coefficient (Wildman–Crippen LogP) is 4.75. The molecule has 3 heterocycles. The molecule has 10 heteroatoms. The Hall–Kier alpha value is -4.37. The number of aromatic amines is 1. The van der Waals surface area contributed by atoms with Crippen LogP contribution in [0.5, 0.6) is 0 Å². The van der Waals surface area contributed by atoms with Crippen molar-refractivity contribution in [1.29, 1.82) is 0 Å². The Morgan fingerprint density at radius 1 is 1.08 bits per heavy atom. The van der Waals surface area contributed by atoms with Crippen molar-refractivity contribution in [3.8, 4) is 27.9 Å². The first-order chi connectivity index (χ1) is 18.0. The number of halogens is 1. The van der Waals surface area contributed by atoms with Crippen LogP contribution in [0.3, 0.4) is 0 Å². The van der Waals surface area contributed by atoms with Crippen LogP contribution >= 0.6 is 11.6 Å². The number of hydrogen-bond donors (Lipinski definition) is 2. The van der Waals surface area contributed by atoms with Crippen molar-refractivity contribution in [3.63, 3.8) is 0 Å². The molecule has 1 atom stereocenters. The summed E-state index contributed by atoms with van der Waals surface area (Å²) in [5.74, 6) is -0.274. The molecule has 9 nitrogen and oxygen atoms in total. The molecule has 5 aromatic rings. The summed E-state index contributed by atoms with van der Waals surface area (Å²) < 4.78 is 3.70. The number of pyridine rings is 1. The SMILES string of the molecule is O=C(O)c1ccc(-c2cnn(C(CC3CC3)c3ccc(-c4cc(Cl)ccc4-[n+]4cnn[nH]4)cn3)c2)cc1. The van der Waals surface area contributed by atoms with Gasteiger partial charge in [-0.15, -0.1) is 4.68 Å². The van der Waals surface area contributed by atoms with Gasteiger partial charge in [0.05, 0.1) is 23.5 Å². The highest BCUT2D eigenvalue weighted by Gasteiger charge is 2.29. The van der Waals surface area contributed by atoms with E-state index in [1.165, 1.54) is 12.8 Å². The van der Waals surface area contributed by atoms with Crippen LogP contribution < -0.4 is 4.68 Å². The number of benzene rings is 2. The Morgan fingerprint density at radius 2 is 1.89 bits per heavy atom. The molecule has 2 aromatic carbocycles. The second-order valence-electron chi connectivity index (χ2n) is 9.22. The highest BCUT2D eigenvalue weighted by atomic mass is 35.5. The molecule has 6 rings (SSSR count). The third-order valence-electron chi connectivity index (χ3n) is 6.67. The lowest BCUT2D eigenvalue weighted by Crippen LogP contribution is -2.32. The topological polar surface area (TPSA) is 113 Å². The maximum atomic E-state index is 11.2. The summed E-state index contributed by atoms with van der Waals surface area (Å²) in [5.41, 5.74) is 5.75. The monoisotopic (exact) mass is 512 g/mol. The van der Waals surface area contributed by atoms with Gasteiger partial charge in [0.15, 0.2) is 5.21 Å². The average molecular weight is 513 g/mol. The standard InChI is InChI=1S/C27H22ClN7O2/c28-22-8-10-25(35-16-30-32-33-35)23(12-22)20-7-9-24(29-13-20)26(11-17-1-2-17)34-15-21(14-31-34)18-3-5-19(6-4-18)27(36)37/h3-10,12-17,26H,1-2,11H2,(H,36,37)/p+1. The Labute approximate surface area is 217 Å². The van der Waals surface area contributed by atoms with Crippen LogP contribution in [0.15, 0.2) is 79.5 Å². The maximum absolute atomic E-state index is 11.2. The molecule has 184 valence electrons. The van der Waals surface area contributed by atoms with Crippen molar-refractivity contribution in [2.45, 2.75) is 25.3 Å². The van der Waals surface area contributed by atoms with Crippen LogP contribution in [-0.2, 0) is 0 Å². The van der Waals surface area contributed by atoms with E-state index in [0.717, 1.165) is 40.1 Å². The quantitative estimate of drug-likeness (QED) is 0.290. The summed E-state index contributed by atoms with van der Waals surface area (Å²) in [6, 6.07) is 16.6. The normalized spacial score (nSPS) is 14.0. The van der Waals surface area contributed by atoms with Gasteiger partial charge in [-0.2, -0.15) is 5.10 Å². The lowest BCUT2D eigenvalue weighted by atomic mass is 10.0. The first kappa shape index (κ1) is 23.1. The first-order valence-corrected chi connectivity index (χ1v) is 12.3. The molecule has 0 aliphatic heterocycles. The van der Waals surface area contributed by atoms with Gasteiger partial charge in [-0.3, -0.25) is 9.67 Å². The first-order valence-electron chi connectivity index (χ1n) is 12.0. The number of tetrazole rings is 1. The fourth-order valence-corrected chi connectivity index (χ4v) is 4.67. The van der Waals surface area contributed by atoms with E-state index >= 15 is 0 Å². The van der Waals surface area contributed by atoms with E-state index in [1.807, 2.05) is 59.7 Å². The van der Waals surface area contributed by atoms with Crippen molar-refractivity contribution in [1.82, 2.24) is 30.3 Å². The zero-order chi connectivity index (χ0) is 25.4. The van der Waals surface area contributed by atoms with Crippen molar-refractivity contribution in [2.24, 2.45) is 5.92 Å². The summed E-state index contributed by atoms with van der Waals surface area (Å²) >= 11 is 6.32. The van der Waals surface area contributed by atoms with E-state index in [-0.39, 0.29) is 11.6 Å². The van der Waals surface area contributed by atoms with Gasteiger partial charge in [-0.05, 0) is 54.3 Å². The third-order valence-corrected chi connectivity index (χ3v) is 6.91. The molecule has 1 saturated carbocycles. The lowest BCUT2D eigenvalue weighted by molar-refractivity contribution is -0.659.